The maximum Gasteiger partial charge on any atom is 0.326 e. The first-order valence-electron chi connectivity index (χ1n) is 16.5. The zero-order chi connectivity index (χ0) is 36.4. The molecule has 4 aromatic rings. The molecule has 0 aliphatic rings. The molecule has 0 spiro atoms. The second-order valence-electron chi connectivity index (χ2n) is 12.7. The summed E-state index contributed by atoms with van der Waals surface area (Å²) in [6, 6.07) is 21.3. The Morgan fingerprint density at radius 2 is 1.76 bits per heavy atom. The summed E-state index contributed by atoms with van der Waals surface area (Å²) in [6.07, 6.45) is 4.77. The number of hydrogen-bond acceptors (Lipinski definition) is 8. The number of benzene rings is 3. The molecule has 4 rings (SSSR count). The van der Waals surface area contributed by atoms with Gasteiger partial charge in [-0.2, -0.15) is 5.26 Å². The van der Waals surface area contributed by atoms with Crippen LogP contribution in [-0.4, -0.2) is 82.9 Å². The van der Waals surface area contributed by atoms with Gasteiger partial charge in [-0.1, -0.05) is 74.9 Å². The number of nitrogens with zero attached hydrogens (tertiary/aromatic N) is 5. The van der Waals surface area contributed by atoms with Gasteiger partial charge in [-0.3, -0.25) is 19.4 Å². The Morgan fingerprint density at radius 3 is 2.40 bits per heavy atom. The van der Waals surface area contributed by atoms with E-state index in [0.717, 1.165) is 34.6 Å². The lowest BCUT2D eigenvalue weighted by Crippen LogP contribution is -2.52. The smallest absolute Gasteiger partial charge is 0.326 e. The number of rotatable bonds is 17. The number of sulfone groups is 1. The Labute approximate surface area is 293 Å². The first-order chi connectivity index (χ1) is 23.8. The first-order valence-corrected chi connectivity index (χ1v) is 18.5. The summed E-state index contributed by atoms with van der Waals surface area (Å²) in [5.41, 5.74) is 2.41. The van der Waals surface area contributed by atoms with Gasteiger partial charge in [-0.15, -0.1) is 0 Å². The number of carbonyl (C=O) groups is 3. The normalized spacial score (nSPS) is 13.4. The van der Waals surface area contributed by atoms with Crippen molar-refractivity contribution in [3.63, 3.8) is 0 Å². The SMILES string of the molecule is CC[C@H](C)[C@@H](CN(CC(=O)N[C@@H](CCS(C)(=O)=O)C(=O)O)Cc1cccc2ccccc12)N(C(C)=O)c1cncn1Cc1ccc(C#N)cc1. The monoisotopic (exact) mass is 700 g/mol. The Balaban J connectivity index is 1.69. The predicted molar refractivity (Wildman–Crippen MR) is 192 cm³/mol. The van der Waals surface area contributed by atoms with E-state index in [1.807, 2.05) is 77.9 Å². The number of hydrogen-bond donors (Lipinski definition) is 2. The first kappa shape index (κ1) is 37.8. The van der Waals surface area contributed by atoms with Crippen LogP contribution in [-0.2, 0) is 37.3 Å². The van der Waals surface area contributed by atoms with E-state index in [0.29, 0.717) is 24.5 Å². The van der Waals surface area contributed by atoms with Crippen molar-refractivity contribution in [2.75, 3.05) is 30.0 Å². The molecule has 13 heteroatoms. The summed E-state index contributed by atoms with van der Waals surface area (Å²) >= 11 is 0. The topological polar surface area (TPSA) is 166 Å². The molecular formula is C37H44N6O6S. The number of aliphatic carboxylic acids is 1. The van der Waals surface area contributed by atoms with Gasteiger partial charge in [0, 0.05) is 26.3 Å². The van der Waals surface area contributed by atoms with Crippen molar-refractivity contribution in [2.45, 2.75) is 58.8 Å². The summed E-state index contributed by atoms with van der Waals surface area (Å²) in [5, 5.41) is 23.5. The van der Waals surface area contributed by atoms with Gasteiger partial charge in [0.25, 0.3) is 0 Å². The highest BCUT2D eigenvalue weighted by Gasteiger charge is 2.32. The van der Waals surface area contributed by atoms with Gasteiger partial charge < -0.3 is 15.0 Å². The number of nitriles is 1. The molecule has 0 unspecified atom stereocenters. The van der Waals surface area contributed by atoms with Crippen LogP contribution in [0.1, 0.15) is 50.3 Å². The van der Waals surface area contributed by atoms with Gasteiger partial charge in [-0.05, 0) is 46.4 Å². The third-order valence-electron chi connectivity index (χ3n) is 8.84. The number of carbonyl (C=O) groups excluding carboxylic acids is 2. The summed E-state index contributed by atoms with van der Waals surface area (Å²) in [4.78, 5) is 47.0. The summed E-state index contributed by atoms with van der Waals surface area (Å²) in [7, 11) is -3.45. The molecule has 0 aliphatic heterocycles. The highest BCUT2D eigenvalue weighted by atomic mass is 32.2. The van der Waals surface area contributed by atoms with Crippen LogP contribution in [0.4, 0.5) is 5.82 Å². The number of aromatic nitrogens is 2. The van der Waals surface area contributed by atoms with E-state index in [9.17, 15) is 33.2 Å². The molecule has 0 fully saturated rings. The van der Waals surface area contributed by atoms with E-state index in [4.69, 9.17) is 0 Å². The van der Waals surface area contributed by atoms with Crippen molar-refractivity contribution in [3.05, 3.63) is 95.9 Å². The maximum absolute atomic E-state index is 13.5. The molecule has 264 valence electrons. The number of fused-ring (bicyclic) bond motifs is 1. The summed E-state index contributed by atoms with van der Waals surface area (Å²) in [5.74, 6) is -1.94. The Morgan fingerprint density at radius 1 is 1.06 bits per heavy atom. The van der Waals surface area contributed by atoms with Crippen molar-refractivity contribution in [1.82, 2.24) is 19.8 Å². The van der Waals surface area contributed by atoms with Crippen LogP contribution in [0.15, 0.2) is 79.3 Å². The van der Waals surface area contributed by atoms with Crippen LogP contribution in [0.5, 0.6) is 0 Å². The number of imidazole rings is 1. The zero-order valence-corrected chi connectivity index (χ0v) is 29.6. The Kier molecular flexibility index (Phi) is 12.9. The molecule has 0 radical (unpaired) electrons. The fraction of sp³-hybridized carbons (Fsp3) is 0.378. The second-order valence-corrected chi connectivity index (χ2v) is 15.0. The van der Waals surface area contributed by atoms with Crippen LogP contribution in [0.25, 0.3) is 10.8 Å². The van der Waals surface area contributed by atoms with E-state index < -0.39 is 33.8 Å². The zero-order valence-electron chi connectivity index (χ0n) is 28.8. The van der Waals surface area contributed by atoms with Crippen LogP contribution in [0.2, 0.25) is 0 Å². The molecule has 0 saturated heterocycles. The fourth-order valence-corrected chi connectivity index (χ4v) is 6.69. The second kappa shape index (κ2) is 17.0. The minimum absolute atomic E-state index is 0.0308. The summed E-state index contributed by atoms with van der Waals surface area (Å²) < 4.78 is 25.4. The maximum atomic E-state index is 13.5. The van der Waals surface area contributed by atoms with E-state index in [1.54, 1.807) is 29.6 Å². The lowest BCUT2D eigenvalue weighted by Gasteiger charge is -2.38. The van der Waals surface area contributed by atoms with Gasteiger partial charge in [0.1, 0.15) is 21.7 Å². The summed E-state index contributed by atoms with van der Waals surface area (Å²) in [6.45, 7) is 6.36. The van der Waals surface area contributed by atoms with E-state index in [1.165, 1.54) is 6.92 Å². The molecule has 2 amide bonds. The molecule has 0 saturated carbocycles. The van der Waals surface area contributed by atoms with Gasteiger partial charge in [0.05, 0.1) is 49.0 Å². The third kappa shape index (κ3) is 10.2. The van der Waals surface area contributed by atoms with Crippen molar-refractivity contribution in [2.24, 2.45) is 5.92 Å². The number of carboxylic acids is 1. The van der Waals surface area contributed by atoms with Gasteiger partial charge >= 0.3 is 5.97 Å². The number of anilines is 1. The highest BCUT2D eigenvalue weighted by molar-refractivity contribution is 7.90. The standard InChI is InChI=1S/C37H44N6O6S/c1-5-26(2)34(43(27(3)44)36-20-39-25-42(36)21-29-15-13-28(19-38)14-16-29)23-41(22-31-11-8-10-30-9-6-7-12-32(30)31)24-35(45)40-33(37(46)47)17-18-50(4,48)49/h6-16,20,25-26,33-34H,5,17-18,21-24H2,1-4H3,(H,40,45)(H,46,47)/t26-,33-,34+/m0/s1. The Hall–Kier alpha value is -5.06. The third-order valence-corrected chi connectivity index (χ3v) is 9.82. The van der Waals surface area contributed by atoms with Gasteiger partial charge in [0.15, 0.2) is 0 Å². The molecule has 12 nitrogen and oxygen atoms in total. The van der Waals surface area contributed by atoms with Crippen LogP contribution in [0.3, 0.4) is 0 Å². The number of amides is 2. The van der Waals surface area contributed by atoms with Crippen LogP contribution < -0.4 is 10.2 Å². The quantitative estimate of drug-likeness (QED) is 0.164. The molecule has 2 N–H and O–H groups in total. The van der Waals surface area contributed by atoms with Crippen molar-refractivity contribution >= 4 is 44.2 Å². The average Bonchev–Trinajstić information content (AvgIpc) is 3.52. The van der Waals surface area contributed by atoms with E-state index in [-0.39, 0.29) is 37.1 Å². The molecule has 3 atom stereocenters. The molecule has 3 aromatic carbocycles. The van der Waals surface area contributed by atoms with Crippen molar-refractivity contribution in [3.8, 4) is 6.07 Å². The molecule has 1 heterocycles. The van der Waals surface area contributed by atoms with E-state index >= 15 is 0 Å². The van der Waals surface area contributed by atoms with Crippen molar-refractivity contribution < 1.29 is 27.9 Å². The van der Waals surface area contributed by atoms with Crippen LogP contribution in [0, 0.1) is 17.2 Å². The predicted octanol–water partition coefficient (Wildman–Crippen LogP) is 4.23. The molecule has 0 bridgehead atoms. The van der Waals surface area contributed by atoms with E-state index in [2.05, 4.69) is 16.4 Å². The Bertz CT molecular complexity index is 1950. The lowest BCUT2D eigenvalue weighted by molar-refractivity contribution is -0.142. The average molecular weight is 701 g/mol. The molecule has 0 aliphatic carbocycles. The number of nitrogens with one attached hydrogen (secondary N) is 1. The molecule has 1 aromatic heterocycles. The van der Waals surface area contributed by atoms with Gasteiger partial charge in [0.2, 0.25) is 11.8 Å². The minimum atomic E-state index is -3.45. The van der Waals surface area contributed by atoms with Crippen molar-refractivity contribution in [1.29, 1.82) is 5.26 Å². The van der Waals surface area contributed by atoms with Gasteiger partial charge in [-0.25, -0.2) is 18.2 Å². The fourth-order valence-electron chi connectivity index (χ4n) is 6.02. The minimum Gasteiger partial charge on any atom is -0.480 e. The van der Waals surface area contributed by atoms with Crippen LogP contribution >= 0.6 is 0 Å². The lowest BCUT2D eigenvalue weighted by atomic mass is 9.96. The largest absolute Gasteiger partial charge is 0.480 e. The molecule has 50 heavy (non-hydrogen) atoms. The number of carboxylic acid groups (broad SMARTS) is 1. The highest BCUT2D eigenvalue weighted by Crippen LogP contribution is 2.27. The molecular weight excluding hydrogens is 657 g/mol.